The van der Waals surface area contributed by atoms with Gasteiger partial charge in [0.1, 0.15) is 12.2 Å². The highest BCUT2D eigenvalue weighted by atomic mass is 16.8. The van der Waals surface area contributed by atoms with Crippen LogP contribution < -0.4 is 0 Å². The molecule has 4 rings (SSSR count). The Bertz CT molecular complexity index is 593. The molecule has 1 aromatic carbocycles. The molecule has 0 unspecified atom stereocenters. The van der Waals surface area contributed by atoms with Crippen LogP contribution in [0.2, 0.25) is 0 Å². The van der Waals surface area contributed by atoms with Crippen LogP contribution in [0, 0.1) is 0 Å². The number of rotatable bonds is 3. The summed E-state index contributed by atoms with van der Waals surface area (Å²) in [5.41, 5.74) is 3.92. The van der Waals surface area contributed by atoms with Crippen molar-refractivity contribution >= 4 is 6.08 Å². The highest BCUT2D eigenvalue weighted by Crippen LogP contribution is 2.36. The molecule has 0 bridgehead atoms. The summed E-state index contributed by atoms with van der Waals surface area (Å²) in [4.78, 5) is 0. The van der Waals surface area contributed by atoms with Gasteiger partial charge in [0.2, 0.25) is 0 Å². The van der Waals surface area contributed by atoms with E-state index in [1.54, 1.807) is 0 Å². The zero-order valence-corrected chi connectivity index (χ0v) is 13.1. The summed E-state index contributed by atoms with van der Waals surface area (Å²) in [6.45, 7) is 4.90. The van der Waals surface area contributed by atoms with Crippen LogP contribution in [0.25, 0.3) is 6.08 Å². The Kier molecular flexibility index (Phi) is 3.57. The van der Waals surface area contributed by atoms with Crippen LogP contribution in [-0.2, 0) is 32.0 Å². The van der Waals surface area contributed by atoms with Crippen LogP contribution in [0.4, 0.5) is 0 Å². The van der Waals surface area contributed by atoms with E-state index in [0.29, 0.717) is 13.2 Å². The number of aryl methyl sites for hydroxylation is 1. The number of fused-ring (bicyclic) bond motifs is 2. The van der Waals surface area contributed by atoms with Gasteiger partial charge < -0.3 is 18.9 Å². The van der Waals surface area contributed by atoms with Gasteiger partial charge in [0.05, 0.1) is 13.2 Å². The zero-order chi connectivity index (χ0) is 15.2. The lowest BCUT2D eigenvalue weighted by molar-refractivity contribution is -0.203. The Morgan fingerprint density at radius 1 is 1.27 bits per heavy atom. The Morgan fingerprint density at radius 3 is 3.09 bits per heavy atom. The second-order valence-corrected chi connectivity index (χ2v) is 6.63. The van der Waals surface area contributed by atoms with Crippen molar-refractivity contribution in [2.24, 2.45) is 0 Å². The Labute approximate surface area is 131 Å². The molecule has 0 N–H and O–H groups in total. The number of hydrogen-bond donors (Lipinski definition) is 0. The third-order valence-electron chi connectivity index (χ3n) is 4.43. The summed E-state index contributed by atoms with van der Waals surface area (Å²) < 4.78 is 23.2. The molecule has 22 heavy (non-hydrogen) atoms. The first kappa shape index (κ1) is 14.4. The van der Waals surface area contributed by atoms with Crippen LogP contribution in [-0.4, -0.2) is 30.9 Å². The fourth-order valence-corrected chi connectivity index (χ4v) is 3.33. The van der Waals surface area contributed by atoms with E-state index < -0.39 is 5.79 Å². The third kappa shape index (κ3) is 2.72. The minimum Gasteiger partial charge on any atom is -0.368 e. The molecule has 4 nitrogen and oxygen atoms in total. The minimum atomic E-state index is -0.589. The molecule has 0 radical (unpaired) electrons. The first-order valence-corrected chi connectivity index (χ1v) is 7.98. The Morgan fingerprint density at radius 2 is 2.18 bits per heavy atom. The van der Waals surface area contributed by atoms with Crippen molar-refractivity contribution in [3.05, 3.63) is 41.0 Å². The maximum atomic E-state index is 6.03. The van der Waals surface area contributed by atoms with Gasteiger partial charge in [0.25, 0.3) is 0 Å². The summed E-state index contributed by atoms with van der Waals surface area (Å²) in [5, 5.41) is 0. The third-order valence-corrected chi connectivity index (χ3v) is 4.43. The van der Waals surface area contributed by atoms with E-state index in [4.69, 9.17) is 18.9 Å². The van der Waals surface area contributed by atoms with Crippen LogP contribution in [0.15, 0.2) is 24.3 Å². The van der Waals surface area contributed by atoms with E-state index in [2.05, 4.69) is 30.4 Å². The molecule has 0 spiro atoms. The lowest BCUT2D eigenvalue weighted by atomic mass is 9.96. The van der Waals surface area contributed by atoms with E-state index in [0.717, 1.165) is 12.8 Å². The van der Waals surface area contributed by atoms with Crippen LogP contribution >= 0.6 is 0 Å². The van der Waals surface area contributed by atoms with Gasteiger partial charge in [0, 0.05) is 0 Å². The molecule has 1 aromatic rings. The molecule has 2 aliphatic heterocycles. The number of ether oxygens (including phenoxy) is 4. The van der Waals surface area contributed by atoms with Gasteiger partial charge in [-0.25, -0.2) is 0 Å². The predicted molar refractivity (Wildman–Crippen MR) is 82.2 cm³/mol. The molecule has 2 fully saturated rings. The number of hydrogen-bond acceptors (Lipinski definition) is 4. The fourth-order valence-electron chi connectivity index (χ4n) is 3.33. The first-order valence-electron chi connectivity index (χ1n) is 7.98. The molecule has 1 aliphatic carbocycles. The molecule has 2 saturated heterocycles. The van der Waals surface area contributed by atoms with E-state index in [-0.39, 0.29) is 18.5 Å². The number of allylic oxidation sites excluding steroid dienone is 1. The van der Waals surface area contributed by atoms with Gasteiger partial charge >= 0.3 is 0 Å². The molecular formula is C18H22O4. The molecule has 4 heteroatoms. The second-order valence-electron chi connectivity index (χ2n) is 6.63. The largest absolute Gasteiger partial charge is 0.368 e. The van der Waals surface area contributed by atoms with Crippen molar-refractivity contribution in [2.75, 3.05) is 6.61 Å². The Hall–Kier alpha value is -1.20. The van der Waals surface area contributed by atoms with Crippen molar-refractivity contribution in [1.29, 1.82) is 0 Å². The molecule has 2 heterocycles. The maximum absolute atomic E-state index is 6.03. The SMILES string of the molecule is CC1(C)O[C@H]2OC[C@@H](OCc3ccc4c(c3)C=CCC4)[C@H]2O1. The zero-order valence-electron chi connectivity index (χ0n) is 13.1. The summed E-state index contributed by atoms with van der Waals surface area (Å²) in [6.07, 6.45) is 6.20. The highest BCUT2D eigenvalue weighted by molar-refractivity contribution is 5.57. The highest BCUT2D eigenvalue weighted by Gasteiger charge is 2.50. The van der Waals surface area contributed by atoms with Gasteiger partial charge in [-0.05, 0) is 49.4 Å². The van der Waals surface area contributed by atoms with Crippen molar-refractivity contribution in [3.63, 3.8) is 0 Å². The van der Waals surface area contributed by atoms with Gasteiger partial charge in [-0.15, -0.1) is 0 Å². The average molecular weight is 302 g/mol. The topological polar surface area (TPSA) is 36.9 Å². The van der Waals surface area contributed by atoms with Gasteiger partial charge in [-0.3, -0.25) is 0 Å². The second kappa shape index (κ2) is 5.46. The average Bonchev–Trinajstić information content (AvgIpc) is 3.00. The first-order chi connectivity index (χ1) is 10.6. The standard InChI is InChI=1S/C18H22O4/c1-18(2)21-16-15(11-20-17(16)22-18)19-10-12-7-8-13-5-3-4-6-14(13)9-12/h4,6-9,15-17H,3,5,10-11H2,1-2H3/t15-,16-,17-/m1/s1. The maximum Gasteiger partial charge on any atom is 0.189 e. The molecule has 0 amide bonds. The Balaban J connectivity index is 1.40. The van der Waals surface area contributed by atoms with Gasteiger partial charge in [-0.1, -0.05) is 24.3 Å². The summed E-state index contributed by atoms with van der Waals surface area (Å²) in [7, 11) is 0. The monoisotopic (exact) mass is 302 g/mol. The van der Waals surface area contributed by atoms with E-state index in [1.807, 2.05) is 13.8 Å². The normalized spacial score (nSPS) is 32.0. The van der Waals surface area contributed by atoms with Gasteiger partial charge in [-0.2, -0.15) is 0 Å². The van der Waals surface area contributed by atoms with Crippen LogP contribution in [0.5, 0.6) is 0 Å². The lowest BCUT2D eigenvalue weighted by Crippen LogP contribution is -2.32. The quantitative estimate of drug-likeness (QED) is 0.860. The molecule has 118 valence electrons. The van der Waals surface area contributed by atoms with E-state index >= 15 is 0 Å². The summed E-state index contributed by atoms with van der Waals surface area (Å²) in [5.74, 6) is -0.589. The molecule has 3 aliphatic rings. The molecule has 0 aromatic heterocycles. The van der Waals surface area contributed by atoms with E-state index in [9.17, 15) is 0 Å². The summed E-state index contributed by atoms with van der Waals surface area (Å²) >= 11 is 0. The van der Waals surface area contributed by atoms with Crippen LogP contribution in [0.3, 0.4) is 0 Å². The predicted octanol–water partition coefficient (Wildman–Crippen LogP) is 3.04. The van der Waals surface area contributed by atoms with Crippen molar-refractivity contribution in [1.82, 2.24) is 0 Å². The molecule has 0 saturated carbocycles. The van der Waals surface area contributed by atoms with Crippen molar-refractivity contribution in [3.8, 4) is 0 Å². The smallest absolute Gasteiger partial charge is 0.189 e. The van der Waals surface area contributed by atoms with Crippen LogP contribution in [0.1, 0.15) is 37.0 Å². The minimum absolute atomic E-state index is 0.0710. The number of benzene rings is 1. The van der Waals surface area contributed by atoms with E-state index in [1.165, 1.54) is 16.7 Å². The fraction of sp³-hybridized carbons (Fsp3) is 0.556. The summed E-state index contributed by atoms with van der Waals surface area (Å²) in [6, 6.07) is 6.58. The molecule has 3 atom stereocenters. The van der Waals surface area contributed by atoms with Gasteiger partial charge in [0.15, 0.2) is 12.1 Å². The van der Waals surface area contributed by atoms with Crippen molar-refractivity contribution in [2.45, 2.75) is 57.6 Å². The van der Waals surface area contributed by atoms with Crippen molar-refractivity contribution < 1.29 is 18.9 Å². The molecular weight excluding hydrogens is 280 g/mol. The lowest BCUT2D eigenvalue weighted by Gasteiger charge is -2.21.